The molecule has 0 atom stereocenters. The van der Waals surface area contributed by atoms with Crippen molar-refractivity contribution < 1.29 is 13.9 Å². The van der Waals surface area contributed by atoms with E-state index in [1.165, 1.54) is 37.8 Å². The van der Waals surface area contributed by atoms with Crippen LogP contribution in [-0.4, -0.2) is 24.8 Å². The summed E-state index contributed by atoms with van der Waals surface area (Å²) in [6.45, 7) is 0. The summed E-state index contributed by atoms with van der Waals surface area (Å²) < 4.78 is 18.4. The largest absolute Gasteiger partial charge is 0.494 e. The summed E-state index contributed by atoms with van der Waals surface area (Å²) in [5.41, 5.74) is 0.863. The molecule has 1 aromatic carbocycles. The maximum Gasteiger partial charge on any atom is 0.230 e. The van der Waals surface area contributed by atoms with E-state index in [1.54, 1.807) is 6.07 Å². The number of ether oxygens (including phenoxy) is 1. The zero-order valence-electron chi connectivity index (χ0n) is 11.7. The van der Waals surface area contributed by atoms with Gasteiger partial charge in [0.15, 0.2) is 11.6 Å². The number of thioether (sulfide) groups is 1. The highest BCUT2D eigenvalue weighted by molar-refractivity contribution is 7.99. The normalized spacial score (nSPS) is 15.3. The van der Waals surface area contributed by atoms with Crippen LogP contribution in [0.15, 0.2) is 18.2 Å². The van der Waals surface area contributed by atoms with E-state index >= 15 is 0 Å². The highest BCUT2D eigenvalue weighted by atomic mass is 32.2. The van der Waals surface area contributed by atoms with Gasteiger partial charge < -0.3 is 10.1 Å². The molecule has 3 nitrogen and oxygen atoms in total. The average molecular weight is 297 g/mol. The van der Waals surface area contributed by atoms with E-state index in [2.05, 4.69) is 5.32 Å². The molecule has 110 valence electrons. The Hall–Kier alpha value is -1.23. The molecule has 0 aromatic heterocycles. The standard InChI is InChI=1S/C15H20FNO2S/c1-19-14-7-6-11(8-13(14)16)9-20-10-15(18)17-12-4-2-3-5-12/h6-8,12H,2-5,9-10H2,1H3,(H,17,18). The van der Waals surface area contributed by atoms with Gasteiger partial charge in [-0.05, 0) is 30.5 Å². The predicted molar refractivity (Wildman–Crippen MR) is 79.5 cm³/mol. The number of nitrogens with one attached hydrogen (secondary N) is 1. The minimum absolute atomic E-state index is 0.0795. The fourth-order valence-corrected chi connectivity index (χ4v) is 3.19. The fraction of sp³-hybridized carbons (Fsp3) is 0.533. The molecule has 1 aromatic rings. The summed E-state index contributed by atoms with van der Waals surface area (Å²) in [6.07, 6.45) is 4.62. The predicted octanol–water partition coefficient (Wildman–Crippen LogP) is 3.13. The quantitative estimate of drug-likeness (QED) is 0.876. The highest BCUT2D eigenvalue weighted by Gasteiger charge is 2.16. The van der Waals surface area contributed by atoms with Crippen LogP contribution in [0, 0.1) is 5.82 Å². The van der Waals surface area contributed by atoms with Gasteiger partial charge in [0.1, 0.15) is 0 Å². The second-order valence-electron chi connectivity index (χ2n) is 5.01. The Morgan fingerprint density at radius 3 is 2.85 bits per heavy atom. The molecule has 20 heavy (non-hydrogen) atoms. The molecule has 0 radical (unpaired) electrons. The van der Waals surface area contributed by atoms with Crippen molar-refractivity contribution in [3.05, 3.63) is 29.6 Å². The Labute approximate surface area is 123 Å². The first-order chi connectivity index (χ1) is 9.69. The van der Waals surface area contributed by atoms with E-state index < -0.39 is 0 Å². The molecule has 1 saturated carbocycles. The van der Waals surface area contributed by atoms with Crippen LogP contribution in [0.4, 0.5) is 4.39 Å². The highest BCUT2D eigenvalue weighted by Crippen LogP contribution is 2.21. The van der Waals surface area contributed by atoms with Crippen molar-refractivity contribution in [2.45, 2.75) is 37.5 Å². The number of hydrogen-bond donors (Lipinski definition) is 1. The van der Waals surface area contributed by atoms with Gasteiger partial charge in [-0.25, -0.2) is 4.39 Å². The smallest absolute Gasteiger partial charge is 0.230 e. The zero-order chi connectivity index (χ0) is 14.4. The Morgan fingerprint density at radius 2 is 2.20 bits per heavy atom. The first-order valence-corrected chi connectivity index (χ1v) is 8.04. The van der Waals surface area contributed by atoms with Crippen molar-refractivity contribution >= 4 is 17.7 Å². The Morgan fingerprint density at radius 1 is 1.45 bits per heavy atom. The SMILES string of the molecule is COc1ccc(CSCC(=O)NC2CCCC2)cc1F. The molecule has 1 aliphatic carbocycles. The molecule has 1 amide bonds. The molecule has 1 fully saturated rings. The van der Waals surface area contributed by atoms with Gasteiger partial charge in [-0.1, -0.05) is 18.9 Å². The summed E-state index contributed by atoms with van der Waals surface area (Å²) in [5.74, 6) is 1.01. The van der Waals surface area contributed by atoms with Crippen molar-refractivity contribution in [3.8, 4) is 5.75 Å². The maximum atomic E-state index is 13.5. The van der Waals surface area contributed by atoms with Crippen LogP contribution in [-0.2, 0) is 10.5 Å². The third-order valence-electron chi connectivity index (χ3n) is 3.44. The summed E-state index contributed by atoms with van der Waals surface area (Å²) in [4.78, 5) is 11.7. The van der Waals surface area contributed by atoms with Crippen LogP contribution in [0.2, 0.25) is 0 Å². The van der Waals surface area contributed by atoms with Crippen LogP contribution in [0.5, 0.6) is 5.75 Å². The van der Waals surface area contributed by atoms with E-state index in [-0.39, 0.29) is 17.5 Å². The van der Waals surface area contributed by atoms with Crippen LogP contribution < -0.4 is 10.1 Å². The van der Waals surface area contributed by atoms with Crippen LogP contribution >= 0.6 is 11.8 Å². The van der Waals surface area contributed by atoms with Crippen molar-refractivity contribution in [1.29, 1.82) is 0 Å². The summed E-state index contributed by atoms with van der Waals surface area (Å²) >= 11 is 1.50. The summed E-state index contributed by atoms with van der Waals surface area (Å²) in [7, 11) is 1.44. The summed E-state index contributed by atoms with van der Waals surface area (Å²) in [6, 6.07) is 5.26. The number of halogens is 1. The summed E-state index contributed by atoms with van der Waals surface area (Å²) in [5, 5.41) is 3.04. The minimum Gasteiger partial charge on any atom is -0.494 e. The van der Waals surface area contributed by atoms with E-state index in [9.17, 15) is 9.18 Å². The van der Waals surface area contributed by atoms with Gasteiger partial charge in [-0.3, -0.25) is 4.79 Å². The zero-order valence-corrected chi connectivity index (χ0v) is 12.5. The van der Waals surface area contributed by atoms with Gasteiger partial charge in [0.05, 0.1) is 12.9 Å². The van der Waals surface area contributed by atoms with Gasteiger partial charge in [-0.15, -0.1) is 11.8 Å². The number of carbonyl (C=O) groups excluding carboxylic acids is 1. The van der Waals surface area contributed by atoms with Gasteiger partial charge in [0.25, 0.3) is 0 Å². The number of methoxy groups -OCH3 is 1. The molecular weight excluding hydrogens is 277 g/mol. The third-order valence-corrected chi connectivity index (χ3v) is 4.44. The topological polar surface area (TPSA) is 38.3 Å². The lowest BCUT2D eigenvalue weighted by Gasteiger charge is -2.11. The Balaban J connectivity index is 1.72. The first kappa shape index (κ1) is 15.2. The number of carbonyl (C=O) groups is 1. The van der Waals surface area contributed by atoms with Gasteiger partial charge in [0.2, 0.25) is 5.91 Å². The van der Waals surface area contributed by atoms with Crippen LogP contribution in [0.1, 0.15) is 31.2 Å². The molecule has 0 aliphatic heterocycles. The van der Waals surface area contributed by atoms with E-state index in [0.29, 0.717) is 17.5 Å². The Kier molecular flexibility index (Phi) is 5.71. The van der Waals surface area contributed by atoms with E-state index in [0.717, 1.165) is 18.4 Å². The average Bonchev–Trinajstić information content (AvgIpc) is 2.92. The molecule has 0 saturated heterocycles. The molecule has 0 spiro atoms. The van der Waals surface area contributed by atoms with Crippen molar-refractivity contribution in [1.82, 2.24) is 5.32 Å². The lowest BCUT2D eigenvalue weighted by Crippen LogP contribution is -2.33. The molecule has 0 unspecified atom stereocenters. The lowest BCUT2D eigenvalue weighted by atomic mass is 10.2. The lowest BCUT2D eigenvalue weighted by molar-refractivity contribution is -0.119. The maximum absolute atomic E-state index is 13.5. The molecule has 5 heteroatoms. The number of benzene rings is 1. The third kappa shape index (κ3) is 4.40. The van der Waals surface area contributed by atoms with Gasteiger partial charge >= 0.3 is 0 Å². The Bertz CT molecular complexity index is 461. The van der Waals surface area contributed by atoms with Crippen molar-refractivity contribution in [2.75, 3.05) is 12.9 Å². The second-order valence-corrected chi connectivity index (χ2v) is 6.00. The van der Waals surface area contributed by atoms with Gasteiger partial charge in [-0.2, -0.15) is 0 Å². The number of amides is 1. The monoisotopic (exact) mass is 297 g/mol. The van der Waals surface area contributed by atoms with Crippen LogP contribution in [0.3, 0.4) is 0 Å². The molecule has 1 N–H and O–H groups in total. The second kappa shape index (κ2) is 7.53. The first-order valence-electron chi connectivity index (χ1n) is 6.88. The van der Waals surface area contributed by atoms with Crippen molar-refractivity contribution in [2.24, 2.45) is 0 Å². The minimum atomic E-state index is -0.360. The molecular formula is C15H20FNO2S. The van der Waals surface area contributed by atoms with Crippen LogP contribution in [0.25, 0.3) is 0 Å². The fourth-order valence-electron chi connectivity index (χ4n) is 2.40. The van der Waals surface area contributed by atoms with E-state index in [4.69, 9.17) is 4.74 Å². The number of rotatable bonds is 6. The van der Waals surface area contributed by atoms with Gasteiger partial charge in [0, 0.05) is 11.8 Å². The number of hydrogen-bond acceptors (Lipinski definition) is 3. The van der Waals surface area contributed by atoms with Crippen molar-refractivity contribution in [3.63, 3.8) is 0 Å². The molecule has 2 rings (SSSR count). The molecule has 0 bridgehead atoms. The molecule has 0 heterocycles. The molecule has 1 aliphatic rings. The van der Waals surface area contributed by atoms with E-state index in [1.807, 2.05) is 6.07 Å².